The van der Waals surface area contributed by atoms with Crippen LogP contribution in [-0.2, 0) is 0 Å². The van der Waals surface area contributed by atoms with E-state index in [1.54, 1.807) is 23.8 Å². The maximum absolute atomic E-state index is 12.1. The minimum Gasteiger partial charge on any atom is -0.288 e. The maximum atomic E-state index is 12.1. The number of aromatic nitrogens is 2. The van der Waals surface area contributed by atoms with Crippen LogP contribution in [0.2, 0.25) is 0 Å². The van der Waals surface area contributed by atoms with E-state index in [1.807, 2.05) is 12.1 Å². The van der Waals surface area contributed by atoms with E-state index in [0.717, 1.165) is 5.52 Å². The SMILES string of the molecule is O=c1c2cccnc2ccc2ncsc12. The van der Waals surface area contributed by atoms with Crippen LogP contribution in [0.25, 0.3) is 21.1 Å². The van der Waals surface area contributed by atoms with Gasteiger partial charge in [-0.25, -0.2) is 4.98 Å². The lowest BCUT2D eigenvalue weighted by Gasteiger charge is -1.86. The number of nitrogens with zero attached hydrogens (tertiary/aromatic N) is 2. The summed E-state index contributed by atoms with van der Waals surface area (Å²) in [5.41, 5.74) is 3.16. The summed E-state index contributed by atoms with van der Waals surface area (Å²) in [6, 6.07) is 7.24. The molecule has 0 aliphatic carbocycles. The van der Waals surface area contributed by atoms with E-state index in [0.29, 0.717) is 15.6 Å². The summed E-state index contributed by atoms with van der Waals surface area (Å²) in [6.45, 7) is 0. The van der Waals surface area contributed by atoms with Crippen LogP contribution in [0.5, 0.6) is 0 Å². The molecule has 3 aromatic rings. The van der Waals surface area contributed by atoms with Crippen molar-refractivity contribution in [2.75, 3.05) is 0 Å². The van der Waals surface area contributed by atoms with Crippen molar-refractivity contribution in [2.45, 2.75) is 0 Å². The van der Waals surface area contributed by atoms with Crippen molar-refractivity contribution < 1.29 is 0 Å². The van der Waals surface area contributed by atoms with Crippen LogP contribution in [0.3, 0.4) is 0 Å². The lowest BCUT2D eigenvalue weighted by molar-refractivity contribution is 1.42. The largest absolute Gasteiger partial charge is 0.288 e. The first-order chi connectivity index (χ1) is 7.36. The fourth-order valence-corrected chi connectivity index (χ4v) is 2.30. The van der Waals surface area contributed by atoms with Gasteiger partial charge in [-0.1, -0.05) is 0 Å². The van der Waals surface area contributed by atoms with Crippen molar-refractivity contribution in [1.29, 1.82) is 0 Å². The summed E-state index contributed by atoms with van der Waals surface area (Å²) >= 11 is 1.37. The van der Waals surface area contributed by atoms with Crippen LogP contribution in [0, 0.1) is 0 Å². The highest BCUT2D eigenvalue weighted by Crippen LogP contribution is 2.15. The first-order valence-electron chi connectivity index (χ1n) is 4.47. The molecule has 0 aliphatic heterocycles. The number of pyridine rings is 1. The van der Waals surface area contributed by atoms with Gasteiger partial charge in [0.05, 0.1) is 16.5 Å². The quantitative estimate of drug-likeness (QED) is 0.576. The van der Waals surface area contributed by atoms with E-state index in [1.165, 1.54) is 11.3 Å². The molecule has 4 heteroatoms. The van der Waals surface area contributed by atoms with E-state index in [-0.39, 0.29) is 5.43 Å². The molecule has 0 saturated carbocycles. The summed E-state index contributed by atoms with van der Waals surface area (Å²) in [7, 11) is 0. The Bertz CT molecular complexity index is 705. The maximum Gasteiger partial charge on any atom is 0.207 e. The molecule has 0 fully saturated rings. The van der Waals surface area contributed by atoms with Gasteiger partial charge in [-0.05, 0) is 24.3 Å². The van der Waals surface area contributed by atoms with Gasteiger partial charge in [0.2, 0.25) is 5.43 Å². The second kappa shape index (κ2) is 3.10. The molecule has 0 unspecified atom stereocenters. The van der Waals surface area contributed by atoms with Crippen LogP contribution in [0.4, 0.5) is 0 Å². The molecule has 1 aromatic carbocycles. The second-order valence-corrected chi connectivity index (χ2v) is 4.02. The Morgan fingerprint density at radius 1 is 1.07 bits per heavy atom. The third kappa shape index (κ3) is 1.22. The molecule has 3 rings (SSSR count). The topological polar surface area (TPSA) is 42.9 Å². The van der Waals surface area contributed by atoms with Gasteiger partial charge in [0.15, 0.2) is 0 Å². The third-order valence-corrected chi connectivity index (χ3v) is 3.12. The molecule has 72 valence electrons. The highest BCUT2D eigenvalue weighted by molar-refractivity contribution is 7.16. The Hall–Kier alpha value is -1.81. The van der Waals surface area contributed by atoms with Crippen LogP contribution >= 0.6 is 11.3 Å². The Balaban J connectivity index is 2.71. The fraction of sp³-hybridized carbons (Fsp3) is 0. The van der Waals surface area contributed by atoms with Gasteiger partial charge in [-0.2, -0.15) is 0 Å². The minimum atomic E-state index is 0.0144. The summed E-state index contributed by atoms with van der Waals surface area (Å²) < 4.78 is 0.693. The standard InChI is InChI=1S/C11H6N2OS/c14-10-7-2-1-5-12-8(7)3-4-9-11(10)15-6-13-9/h1-6H. The highest BCUT2D eigenvalue weighted by Gasteiger charge is 2.03. The van der Waals surface area contributed by atoms with Crippen molar-refractivity contribution in [1.82, 2.24) is 9.97 Å². The Morgan fingerprint density at radius 3 is 2.87 bits per heavy atom. The average molecular weight is 214 g/mol. The second-order valence-electron chi connectivity index (χ2n) is 3.17. The third-order valence-electron chi connectivity index (χ3n) is 2.28. The van der Waals surface area contributed by atoms with Gasteiger partial charge in [-0.15, -0.1) is 11.3 Å². The number of thiazole rings is 1. The normalized spacial score (nSPS) is 10.9. The van der Waals surface area contributed by atoms with Gasteiger partial charge < -0.3 is 0 Å². The first-order valence-corrected chi connectivity index (χ1v) is 5.35. The molecule has 0 N–H and O–H groups in total. The molecular formula is C11H6N2OS. The van der Waals surface area contributed by atoms with Crippen molar-refractivity contribution in [3.8, 4) is 0 Å². The summed E-state index contributed by atoms with van der Waals surface area (Å²) in [5.74, 6) is 0. The Labute approximate surface area is 89.0 Å². The number of fused-ring (bicyclic) bond motifs is 2. The zero-order chi connectivity index (χ0) is 10.3. The first kappa shape index (κ1) is 8.49. The van der Waals surface area contributed by atoms with Crippen LogP contribution in [-0.4, -0.2) is 9.97 Å². The minimum absolute atomic E-state index is 0.0144. The average Bonchev–Trinajstić information content (AvgIpc) is 2.69. The van der Waals surface area contributed by atoms with E-state index >= 15 is 0 Å². The number of rotatable bonds is 0. The van der Waals surface area contributed by atoms with Gasteiger partial charge in [0.1, 0.15) is 4.70 Å². The zero-order valence-electron chi connectivity index (χ0n) is 7.68. The van der Waals surface area contributed by atoms with Crippen molar-refractivity contribution in [3.05, 3.63) is 46.2 Å². The lowest BCUT2D eigenvalue weighted by atomic mass is 10.3. The summed E-state index contributed by atoms with van der Waals surface area (Å²) in [4.78, 5) is 20.4. The van der Waals surface area contributed by atoms with Gasteiger partial charge in [0.25, 0.3) is 0 Å². The van der Waals surface area contributed by atoms with Gasteiger partial charge in [-0.3, -0.25) is 9.78 Å². The number of hydrogen-bond acceptors (Lipinski definition) is 4. The predicted octanol–water partition coefficient (Wildman–Crippen LogP) is 2.20. The van der Waals surface area contributed by atoms with Crippen LogP contribution in [0.15, 0.2) is 40.8 Å². The van der Waals surface area contributed by atoms with E-state index < -0.39 is 0 Å². The van der Waals surface area contributed by atoms with Gasteiger partial charge in [0, 0.05) is 11.6 Å². The van der Waals surface area contributed by atoms with Crippen molar-refractivity contribution >= 4 is 32.5 Å². The molecule has 2 aromatic heterocycles. The zero-order valence-corrected chi connectivity index (χ0v) is 8.49. The van der Waals surface area contributed by atoms with E-state index in [9.17, 15) is 4.79 Å². The Morgan fingerprint density at radius 2 is 1.93 bits per heavy atom. The molecule has 0 atom stereocenters. The smallest absolute Gasteiger partial charge is 0.207 e. The molecule has 0 amide bonds. The lowest BCUT2D eigenvalue weighted by Crippen LogP contribution is -1.96. The summed E-state index contributed by atoms with van der Waals surface area (Å²) in [5, 5.41) is 0.650. The summed E-state index contributed by atoms with van der Waals surface area (Å²) in [6.07, 6.45) is 1.68. The Kier molecular flexibility index (Phi) is 1.76. The molecule has 15 heavy (non-hydrogen) atoms. The van der Waals surface area contributed by atoms with Crippen LogP contribution in [0.1, 0.15) is 0 Å². The molecule has 0 radical (unpaired) electrons. The molecule has 0 saturated heterocycles. The van der Waals surface area contributed by atoms with Crippen molar-refractivity contribution in [3.63, 3.8) is 0 Å². The van der Waals surface area contributed by atoms with Gasteiger partial charge >= 0.3 is 0 Å². The molecule has 0 aliphatic rings. The monoisotopic (exact) mass is 214 g/mol. The molecular weight excluding hydrogens is 208 g/mol. The predicted molar refractivity (Wildman–Crippen MR) is 61.2 cm³/mol. The van der Waals surface area contributed by atoms with Crippen molar-refractivity contribution in [2.24, 2.45) is 0 Å². The number of hydrogen-bond donors (Lipinski definition) is 0. The van der Waals surface area contributed by atoms with Crippen LogP contribution < -0.4 is 5.43 Å². The highest BCUT2D eigenvalue weighted by atomic mass is 32.1. The fourth-order valence-electron chi connectivity index (χ4n) is 1.57. The molecule has 0 bridgehead atoms. The molecule has 2 heterocycles. The molecule has 0 spiro atoms. The molecule has 3 nitrogen and oxygen atoms in total. The van der Waals surface area contributed by atoms with E-state index in [2.05, 4.69) is 9.97 Å². The van der Waals surface area contributed by atoms with E-state index in [4.69, 9.17) is 0 Å².